The second-order valence-corrected chi connectivity index (χ2v) is 8.04. The predicted octanol–water partition coefficient (Wildman–Crippen LogP) is 1.16. The quantitative estimate of drug-likeness (QED) is 0.851. The highest BCUT2D eigenvalue weighted by Crippen LogP contribution is 2.26. The van der Waals surface area contributed by atoms with Crippen molar-refractivity contribution in [3.8, 4) is 0 Å². The van der Waals surface area contributed by atoms with Crippen LogP contribution in [0.15, 0.2) is 10.9 Å². The molecule has 4 rings (SSSR count). The Kier molecular flexibility index (Phi) is 3.79. The largest absolute Gasteiger partial charge is 0.444 e. The van der Waals surface area contributed by atoms with E-state index in [1.165, 1.54) is 4.52 Å². The van der Waals surface area contributed by atoms with Crippen LogP contribution in [0.2, 0.25) is 0 Å². The van der Waals surface area contributed by atoms with E-state index in [-0.39, 0.29) is 30.1 Å². The molecule has 0 atom stereocenters. The van der Waals surface area contributed by atoms with Gasteiger partial charge >= 0.3 is 6.09 Å². The number of nitrogens with one attached hydrogen (secondary N) is 1. The highest BCUT2D eigenvalue weighted by molar-refractivity contribution is 5.97. The number of rotatable bonds is 2. The molecule has 0 unspecified atom stereocenters. The molecule has 0 aliphatic carbocycles. The van der Waals surface area contributed by atoms with E-state index in [0.29, 0.717) is 36.4 Å². The van der Waals surface area contributed by atoms with Crippen molar-refractivity contribution >= 4 is 17.6 Å². The van der Waals surface area contributed by atoms with Crippen molar-refractivity contribution in [3.05, 3.63) is 33.4 Å². The van der Waals surface area contributed by atoms with Crippen LogP contribution in [0.25, 0.3) is 5.65 Å². The van der Waals surface area contributed by atoms with E-state index in [1.54, 1.807) is 15.9 Å². The summed E-state index contributed by atoms with van der Waals surface area (Å²) in [4.78, 5) is 43.8. The zero-order valence-electron chi connectivity index (χ0n) is 15.9. The first-order valence-electron chi connectivity index (χ1n) is 9.10. The van der Waals surface area contributed by atoms with Gasteiger partial charge in [-0.05, 0) is 27.2 Å². The molecule has 9 nitrogen and oxygen atoms in total. The average Bonchev–Trinajstić information content (AvgIpc) is 3.08. The summed E-state index contributed by atoms with van der Waals surface area (Å²) in [6.45, 7) is 8.44. The standard InChI is InChI=1S/C18H23N5O4/c1-5-10-6-13-19-14-12(15(24)23(13)20-10)9-22(16(14)25)11-7-21(8-11)17(26)27-18(2,3)4/h6,11,19H,5,7-9H2,1-4H3. The number of ether oxygens (including phenoxy) is 1. The zero-order valence-corrected chi connectivity index (χ0v) is 15.9. The topological polar surface area (TPSA) is 100 Å². The van der Waals surface area contributed by atoms with Crippen LogP contribution < -0.4 is 5.56 Å². The van der Waals surface area contributed by atoms with Crippen LogP contribution in [0.4, 0.5) is 4.79 Å². The molecular formula is C18H23N5O4. The summed E-state index contributed by atoms with van der Waals surface area (Å²) in [5.74, 6) is -0.210. The third-order valence-corrected chi connectivity index (χ3v) is 4.89. The van der Waals surface area contributed by atoms with Gasteiger partial charge in [-0.3, -0.25) is 9.59 Å². The Morgan fingerprint density at radius 1 is 1.33 bits per heavy atom. The van der Waals surface area contributed by atoms with E-state index in [2.05, 4.69) is 10.1 Å². The molecule has 2 aliphatic heterocycles. The number of fused-ring (bicyclic) bond motifs is 2. The van der Waals surface area contributed by atoms with E-state index in [9.17, 15) is 14.4 Å². The van der Waals surface area contributed by atoms with Gasteiger partial charge in [0.25, 0.3) is 11.5 Å². The van der Waals surface area contributed by atoms with E-state index in [0.717, 1.165) is 5.69 Å². The van der Waals surface area contributed by atoms with Gasteiger partial charge in [-0.15, -0.1) is 0 Å². The zero-order chi connectivity index (χ0) is 19.5. The van der Waals surface area contributed by atoms with Crippen molar-refractivity contribution < 1.29 is 14.3 Å². The van der Waals surface area contributed by atoms with Gasteiger partial charge < -0.3 is 19.5 Å². The Labute approximate surface area is 155 Å². The summed E-state index contributed by atoms with van der Waals surface area (Å²) in [7, 11) is 0. The smallest absolute Gasteiger partial charge is 0.410 e. The number of aromatic amines is 1. The van der Waals surface area contributed by atoms with Crippen LogP contribution in [-0.2, 0) is 17.7 Å². The molecule has 0 spiro atoms. The van der Waals surface area contributed by atoms with Crippen molar-refractivity contribution in [3.63, 3.8) is 0 Å². The molecule has 2 aromatic heterocycles. The number of carbonyl (C=O) groups excluding carboxylic acids is 2. The van der Waals surface area contributed by atoms with Gasteiger partial charge in [-0.1, -0.05) is 6.92 Å². The lowest BCUT2D eigenvalue weighted by molar-refractivity contribution is -0.0126. The number of hydrogen-bond donors (Lipinski definition) is 1. The molecule has 144 valence electrons. The molecule has 2 amide bonds. The summed E-state index contributed by atoms with van der Waals surface area (Å²) in [5, 5.41) is 4.28. The minimum absolute atomic E-state index is 0.122. The average molecular weight is 373 g/mol. The maximum Gasteiger partial charge on any atom is 0.410 e. The molecule has 27 heavy (non-hydrogen) atoms. The Balaban J connectivity index is 1.51. The Bertz CT molecular complexity index is 994. The maximum atomic E-state index is 12.8. The van der Waals surface area contributed by atoms with Crippen molar-refractivity contribution in [1.82, 2.24) is 24.4 Å². The lowest BCUT2D eigenvalue weighted by Crippen LogP contribution is -2.61. The van der Waals surface area contributed by atoms with Crippen molar-refractivity contribution in [2.75, 3.05) is 13.1 Å². The van der Waals surface area contributed by atoms with E-state index in [1.807, 2.05) is 27.7 Å². The highest BCUT2D eigenvalue weighted by Gasteiger charge is 2.43. The fourth-order valence-corrected chi connectivity index (χ4v) is 3.42. The minimum Gasteiger partial charge on any atom is -0.444 e. The fraction of sp³-hybridized carbons (Fsp3) is 0.556. The van der Waals surface area contributed by atoms with E-state index in [4.69, 9.17) is 4.74 Å². The lowest BCUT2D eigenvalue weighted by Gasteiger charge is -2.43. The van der Waals surface area contributed by atoms with Crippen LogP contribution in [0.1, 0.15) is 49.4 Å². The molecular weight excluding hydrogens is 350 g/mol. The Morgan fingerprint density at radius 2 is 2.04 bits per heavy atom. The van der Waals surface area contributed by atoms with Gasteiger partial charge in [-0.25, -0.2) is 4.79 Å². The molecule has 0 aromatic carbocycles. The second kappa shape index (κ2) is 5.83. The van der Waals surface area contributed by atoms with Crippen molar-refractivity contribution in [1.29, 1.82) is 0 Å². The van der Waals surface area contributed by atoms with Gasteiger partial charge in [0.15, 0.2) is 0 Å². The van der Waals surface area contributed by atoms with Crippen molar-refractivity contribution in [2.45, 2.75) is 52.3 Å². The molecule has 0 radical (unpaired) electrons. The summed E-state index contributed by atoms with van der Waals surface area (Å²) in [5.41, 5.74) is 1.25. The van der Waals surface area contributed by atoms with E-state index >= 15 is 0 Å². The van der Waals surface area contributed by atoms with Crippen LogP contribution in [0.5, 0.6) is 0 Å². The van der Waals surface area contributed by atoms with E-state index < -0.39 is 5.60 Å². The molecule has 1 saturated heterocycles. The van der Waals surface area contributed by atoms with Crippen LogP contribution in [0, 0.1) is 0 Å². The first kappa shape index (κ1) is 17.6. The second-order valence-electron chi connectivity index (χ2n) is 8.04. The molecule has 9 heteroatoms. The number of aryl methyl sites for hydroxylation is 1. The summed E-state index contributed by atoms with van der Waals surface area (Å²) >= 11 is 0. The predicted molar refractivity (Wildman–Crippen MR) is 96.7 cm³/mol. The van der Waals surface area contributed by atoms with Crippen molar-refractivity contribution in [2.24, 2.45) is 0 Å². The first-order chi connectivity index (χ1) is 12.7. The molecule has 2 aliphatic rings. The summed E-state index contributed by atoms with van der Waals surface area (Å²) < 4.78 is 6.66. The van der Waals surface area contributed by atoms with Crippen LogP contribution in [-0.4, -0.2) is 61.1 Å². The highest BCUT2D eigenvalue weighted by atomic mass is 16.6. The van der Waals surface area contributed by atoms with Gasteiger partial charge in [0.05, 0.1) is 23.8 Å². The SMILES string of the molecule is CCc1cc2[nH]c3c(c(=O)n2n1)CN(C1CN(C(=O)OC(C)(C)C)C1)C3=O. The summed E-state index contributed by atoms with van der Waals surface area (Å²) in [6.07, 6.45) is 0.326. The number of nitrogens with zero attached hydrogens (tertiary/aromatic N) is 4. The summed E-state index contributed by atoms with van der Waals surface area (Å²) in [6, 6.07) is 1.66. The fourth-order valence-electron chi connectivity index (χ4n) is 3.42. The number of H-pyrrole nitrogens is 1. The molecule has 1 fully saturated rings. The number of aromatic nitrogens is 3. The molecule has 0 saturated carbocycles. The van der Waals surface area contributed by atoms with Gasteiger partial charge in [-0.2, -0.15) is 9.61 Å². The molecule has 2 aromatic rings. The number of likely N-dealkylation sites (tertiary alicyclic amines) is 1. The third-order valence-electron chi connectivity index (χ3n) is 4.89. The van der Waals surface area contributed by atoms with Gasteiger partial charge in [0.2, 0.25) is 0 Å². The monoisotopic (exact) mass is 373 g/mol. The Morgan fingerprint density at radius 3 is 2.67 bits per heavy atom. The van der Waals surface area contributed by atoms with Gasteiger partial charge in [0, 0.05) is 19.2 Å². The number of hydrogen-bond acceptors (Lipinski definition) is 5. The van der Waals surface area contributed by atoms with Crippen LogP contribution in [0.3, 0.4) is 0 Å². The number of carbonyl (C=O) groups is 2. The lowest BCUT2D eigenvalue weighted by atomic mass is 10.1. The minimum atomic E-state index is -0.555. The molecule has 4 heterocycles. The first-order valence-corrected chi connectivity index (χ1v) is 9.10. The Hall–Kier alpha value is -2.84. The third kappa shape index (κ3) is 2.87. The number of amides is 2. The molecule has 0 bridgehead atoms. The maximum absolute atomic E-state index is 12.8. The normalized spacial score (nSPS) is 17.4. The van der Waals surface area contributed by atoms with Gasteiger partial charge in [0.1, 0.15) is 16.9 Å². The molecule has 1 N–H and O–H groups in total. The van der Waals surface area contributed by atoms with Crippen LogP contribution >= 0.6 is 0 Å².